The van der Waals surface area contributed by atoms with Crippen molar-refractivity contribution in [2.24, 2.45) is 0 Å². The standard InChI is InChI=1S/C28H22ClN3O4S/c29-20-11-13-21(14-12-20)30-26(33)18-37-24-10-4-8-22(16-24)31-28(35)25(17-23-9-5-15-36-23)32-27(34)19-6-2-1-3-7-19/h1-17H,18H2,(H,30,33)(H,31,35)(H,32,34)/b25-17-. The molecule has 4 aromatic rings. The van der Waals surface area contributed by atoms with Gasteiger partial charge in [0, 0.05) is 32.9 Å². The number of amides is 3. The van der Waals surface area contributed by atoms with Crippen molar-refractivity contribution < 1.29 is 18.8 Å². The number of halogens is 1. The number of anilines is 2. The van der Waals surface area contributed by atoms with E-state index in [4.69, 9.17) is 16.0 Å². The maximum absolute atomic E-state index is 13.1. The third-order valence-corrected chi connectivity index (χ3v) is 6.19. The maximum Gasteiger partial charge on any atom is 0.272 e. The summed E-state index contributed by atoms with van der Waals surface area (Å²) in [5.41, 5.74) is 1.59. The number of carbonyl (C=O) groups is 3. The Morgan fingerprint density at radius 3 is 2.35 bits per heavy atom. The Labute approximate surface area is 222 Å². The van der Waals surface area contributed by atoms with Gasteiger partial charge in [0.2, 0.25) is 5.91 Å². The van der Waals surface area contributed by atoms with E-state index in [-0.39, 0.29) is 17.4 Å². The molecule has 4 rings (SSSR count). The predicted molar refractivity (Wildman–Crippen MR) is 146 cm³/mol. The zero-order valence-electron chi connectivity index (χ0n) is 19.4. The molecule has 0 aliphatic carbocycles. The number of hydrogen-bond acceptors (Lipinski definition) is 5. The molecule has 9 heteroatoms. The van der Waals surface area contributed by atoms with Gasteiger partial charge in [-0.25, -0.2) is 0 Å². The second-order valence-electron chi connectivity index (χ2n) is 7.72. The van der Waals surface area contributed by atoms with Crippen LogP contribution in [0.5, 0.6) is 0 Å². The number of thioether (sulfide) groups is 1. The molecule has 3 aromatic carbocycles. The smallest absolute Gasteiger partial charge is 0.272 e. The molecule has 0 radical (unpaired) electrons. The van der Waals surface area contributed by atoms with Crippen molar-refractivity contribution in [3.05, 3.63) is 119 Å². The minimum absolute atomic E-state index is 0.0178. The first kappa shape index (κ1) is 25.8. The van der Waals surface area contributed by atoms with Crippen LogP contribution in [0.3, 0.4) is 0 Å². The molecule has 0 fully saturated rings. The number of nitrogens with one attached hydrogen (secondary N) is 3. The fraction of sp³-hybridized carbons (Fsp3) is 0.0357. The summed E-state index contributed by atoms with van der Waals surface area (Å²) in [6.45, 7) is 0. The molecule has 3 amide bonds. The number of hydrogen-bond donors (Lipinski definition) is 3. The topological polar surface area (TPSA) is 100 Å². The molecule has 0 unspecified atom stereocenters. The monoisotopic (exact) mass is 531 g/mol. The van der Waals surface area contributed by atoms with Gasteiger partial charge >= 0.3 is 0 Å². The molecule has 0 atom stereocenters. The zero-order valence-corrected chi connectivity index (χ0v) is 21.0. The van der Waals surface area contributed by atoms with E-state index in [1.165, 1.54) is 24.1 Å². The fourth-order valence-corrected chi connectivity index (χ4v) is 4.08. The van der Waals surface area contributed by atoms with Gasteiger partial charge in [-0.1, -0.05) is 35.9 Å². The van der Waals surface area contributed by atoms with Crippen LogP contribution >= 0.6 is 23.4 Å². The van der Waals surface area contributed by atoms with Crippen molar-refractivity contribution in [2.75, 3.05) is 16.4 Å². The second kappa shape index (κ2) is 12.6. The molecule has 0 saturated carbocycles. The third kappa shape index (κ3) is 7.86. The Bertz CT molecular complexity index is 1410. The predicted octanol–water partition coefficient (Wildman–Crippen LogP) is 6.07. The van der Waals surface area contributed by atoms with Gasteiger partial charge in [-0.05, 0) is 66.7 Å². The van der Waals surface area contributed by atoms with Crippen LogP contribution in [0.2, 0.25) is 5.02 Å². The van der Waals surface area contributed by atoms with Crippen molar-refractivity contribution in [2.45, 2.75) is 4.90 Å². The van der Waals surface area contributed by atoms with Crippen LogP contribution in [-0.4, -0.2) is 23.5 Å². The number of carbonyl (C=O) groups excluding carboxylic acids is 3. The number of furan rings is 1. The molecule has 0 spiro atoms. The summed E-state index contributed by atoms with van der Waals surface area (Å²) in [5, 5.41) is 8.85. The van der Waals surface area contributed by atoms with Crippen molar-refractivity contribution in [3.63, 3.8) is 0 Å². The fourth-order valence-electron chi connectivity index (χ4n) is 3.20. The second-order valence-corrected chi connectivity index (χ2v) is 9.20. The van der Waals surface area contributed by atoms with Gasteiger partial charge in [0.05, 0.1) is 12.0 Å². The Morgan fingerprint density at radius 2 is 1.62 bits per heavy atom. The minimum Gasteiger partial charge on any atom is -0.465 e. The number of rotatable bonds is 9. The van der Waals surface area contributed by atoms with Gasteiger partial charge in [-0.3, -0.25) is 14.4 Å². The first-order valence-corrected chi connectivity index (χ1v) is 12.5. The maximum atomic E-state index is 13.1. The van der Waals surface area contributed by atoms with Crippen molar-refractivity contribution >= 4 is 58.5 Å². The average Bonchev–Trinajstić information content (AvgIpc) is 3.42. The Kier molecular flexibility index (Phi) is 8.80. The Hall–Kier alpha value is -4.27. The summed E-state index contributed by atoms with van der Waals surface area (Å²) >= 11 is 7.20. The molecule has 37 heavy (non-hydrogen) atoms. The molecule has 0 aliphatic rings. The van der Waals surface area contributed by atoms with Gasteiger partial charge < -0.3 is 20.4 Å². The largest absolute Gasteiger partial charge is 0.465 e. The molecule has 1 heterocycles. The molecule has 0 saturated heterocycles. The molecule has 186 valence electrons. The molecule has 1 aromatic heterocycles. The van der Waals surface area contributed by atoms with Crippen LogP contribution < -0.4 is 16.0 Å². The molecule has 7 nitrogen and oxygen atoms in total. The zero-order chi connectivity index (χ0) is 26.0. The van der Waals surface area contributed by atoms with E-state index in [9.17, 15) is 14.4 Å². The van der Waals surface area contributed by atoms with E-state index in [0.29, 0.717) is 27.7 Å². The summed E-state index contributed by atoms with van der Waals surface area (Å²) in [6, 6.07) is 25.9. The van der Waals surface area contributed by atoms with Gasteiger partial charge in [0.25, 0.3) is 11.8 Å². The molecule has 0 bridgehead atoms. The van der Waals surface area contributed by atoms with Crippen molar-refractivity contribution in [3.8, 4) is 0 Å². The first-order valence-electron chi connectivity index (χ1n) is 11.2. The molecular formula is C28H22ClN3O4S. The van der Waals surface area contributed by atoms with Crippen molar-refractivity contribution in [1.82, 2.24) is 5.32 Å². The highest BCUT2D eigenvalue weighted by Crippen LogP contribution is 2.23. The lowest BCUT2D eigenvalue weighted by molar-refractivity contribution is -0.114. The van der Waals surface area contributed by atoms with Gasteiger partial charge in [0.15, 0.2) is 0 Å². The minimum atomic E-state index is -0.525. The van der Waals surface area contributed by atoms with Gasteiger partial charge in [0.1, 0.15) is 11.5 Å². The van der Waals surface area contributed by atoms with E-state index in [1.807, 2.05) is 6.07 Å². The lowest BCUT2D eigenvalue weighted by Crippen LogP contribution is -2.30. The average molecular weight is 532 g/mol. The summed E-state index contributed by atoms with van der Waals surface area (Å²) in [4.78, 5) is 38.9. The van der Waals surface area contributed by atoms with Crippen LogP contribution in [0, 0.1) is 0 Å². The molecular weight excluding hydrogens is 510 g/mol. The van der Waals surface area contributed by atoms with E-state index >= 15 is 0 Å². The van der Waals surface area contributed by atoms with Crippen LogP contribution in [0.25, 0.3) is 6.08 Å². The van der Waals surface area contributed by atoms with Crippen LogP contribution in [0.15, 0.2) is 112 Å². The van der Waals surface area contributed by atoms with E-state index in [2.05, 4.69) is 16.0 Å². The van der Waals surface area contributed by atoms with E-state index in [0.717, 1.165) is 4.90 Å². The highest BCUT2D eigenvalue weighted by molar-refractivity contribution is 8.00. The van der Waals surface area contributed by atoms with E-state index < -0.39 is 11.8 Å². The van der Waals surface area contributed by atoms with Gasteiger partial charge in [-0.2, -0.15) is 0 Å². The quantitative estimate of drug-likeness (QED) is 0.180. The number of benzene rings is 3. The van der Waals surface area contributed by atoms with Crippen molar-refractivity contribution in [1.29, 1.82) is 0 Å². The molecule has 0 aliphatic heterocycles. The van der Waals surface area contributed by atoms with Crippen LogP contribution in [0.1, 0.15) is 16.1 Å². The normalized spacial score (nSPS) is 11.0. The summed E-state index contributed by atoms with van der Waals surface area (Å²) in [6.07, 6.45) is 2.93. The summed E-state index contributed by atoms with van der Waals surface area (Å²) in [5.74, 6) is -0.534. The SMILES string of the molecule is O=C(CSc1cccc(NC(=O)/C(=C/c2ccco2)NC(=O)c2ccccc2)c1)Nc1ccc(Cl)cc1. The Morgan fingerprint density at radius 1 is 0.838 bits per heavy atom. The summed E-state index contributed by atoms with van der Waals surface area (Å²) in [7, 11) is 0. The van der Waals surface area contributed by atoms with Crippen LogP contribution in [-0.2, 0) is 9.59 Å². The molecule has 3 N–H and O–H groups in total. The summed E-state index contributed by atoms with van der Waals surface area (Å²) < 4.78 is 5.32. The lowest BCUT2D eigenvalue weighted by atomic mass is 10.2. The highest BCUT2D eigenvalue weighted by atomic mass is 35.5. The first-order chi connectivity index (χ1) is 18.0. The van der Waals surface area contributed by atoms with Gasteiger partial charge in [-0.15, -0.1) is 11.8 Å². The third-order valence-electron chi connectivity index (χ3n) is 4.95. The highest BCUT2D eigenvalue weighted by Gasteiger charge is 2.16. The lowest BCUT2D eigenvalue weighted by Gasteiger charge is -2.12. The Balaban J connectivity index is 1.40. The van der Waals surface area contributed by atoms with Crippen LogP contribution in [0.4, 0.5) is 11.4 Å². The van der Waals surface area contributed by atoms with E-state index in [1.54, 1.807) is 84.9 Å².